The van der Waals surface area contributed by atoms with E-state index in [1.807, 2.05) is 0 Å². The van der Waals surface area contributed by atoms with Crippen molar-refractivity contribution in [3.63, 3.8) is 0 Å². The molecule has 0 unspecified atom stereocenters. The molecule has 0 fully saturated rings. The molecule has 0 aliphatic rings. The van der Waals surface area contributed by atoms with Crippen molar-refractivity contribution in [2.24, 2.45) is 0 Å². The molecule has 0 spiro atoms. The Morgan fingerprint density at radius 2 is 1.81 bits per heavy atom. The lowest BCUT2D eigenvalue weighted by Gasteiger charge is -2.02. The lowest BCUT2D eigenvalue weighted by Crippen LogP contribution is -2.29. The van der Waals surface area contributed by atoms with Crippen LogP contribution in [0.15, 0.2) is 24.3 Å². The SMILES string of the molecule is CCCCCC(=O)c1ccc(B(O)O)cc1. The Bertz CT molecular complexity index is 333. The smallest absolute Gasteiger partial charge is 0.423 e. The average molecular weight is 220 g/mol. The van der Waals surface area contributed by atoms with Crippen molar-refractivity contribution >= 4 is 18.4 Å². The highest BCUT2D eigenvalue weighted by atomic mass is 16.4. The van der Waals surface area contributed by atoms with Gasteiger partial charge in [0.1, 0.15) is 0 Å². The second-order valence-corrected chi connectivity index (χ2v) is 3.88. The van der Waals surface area contributed by atoms with Gasteiger partial charge in [0.15, 0.2) is 5.78 Å². The molecule has 16 heavy (non-hydrogen) atoms. The van der Waals surface area contributed by atoms with Crippen LogP contribution in [0.5, 0.6) is 0 Å². The normalized spacial score (nSPS) is 10.2. The van der Waals surface area contributed by atoms with Crippen molar-refractivity contribution in [1.82, 2.24) is 0 Å². The summed E-state index contributed by atoms with van der Waals surface area (Å²) in [7, 11) is -1.47. The van der Waals surface area contributed by atoms with Gasteiger partial charge in [-0.1, -0.05) is 44.0 Å². The molecule has 1 aromatic rings. The molecular formula is C12H17BO3. The molecule has 3 nitrogen and oxygen atoms in total. The van der Waals surface area contributed by atoms with Crippen LogP contribution in [0.3, 0.4) is 0 Å². The van der Waals surface area contributed by atoms with Crippen molar-refractivity contribution in [2.45, 2.75) is 32.6 Å². The molecular weight excluding hydrogens is 203 g/mol. The van der Waals surface area contributed by atoms with Crippen molar-refractivity contribution < 1.29 is 14.8 Å². The summed E-state index contributed by atoms with van der Waals surface area (Å²) in [5.41, 5.74) is 1.05. The van der Waals surface area contributed by atoms with Crippen LogP contribution in [0.1, 0.15) is 43.0 Å². The number of Topliss-reactive ketones (excluding diaryl/α,β-unsaturated/α-hetero) is 1. The molecule has 0 atom stereocenters. The van der Waals surface area contributed by atoms with Crippen LogP contribution in [0.4, 0.5) is 0 Å². The highest BCUT2D eigenvalue weighted by Crippen LogP contribution is 2.07. The van der Waals surface area contributed by atoms with E-state index in [1.165, 1.54) is 0 Å². The van der Waals surface area contributed by atoms with Crippen LogP contribution < -0.4 is 5.46 Å². The maximum Gasteiger partial charge on any atom is 0.488 e. The lowest BCUT2D eigenvalue weighted by atomic mass is 9.80. The standard InChI is InChI=1S/C12H17BO3/c1-2-3-4-5-12(14)10-6-8-11(9-7-10)13(15)16/h6-9,15-16H,2-5H2,1H3. The molecule has 0 aliphatic carbocycles. The number of unbranched alkanes of at least 4 members (excludes halogenated alkanes) is 2. The Hall–Kier alpha value is -1.13. The van der Waals surface area contributed by atoms with Crippen molar-refractivity contribution in [3.05, 3.63) is 29.8 Å². The molecule has 0 amide bonds. The fourth-order valence-electron chi connectivity index (χ4n) is 1.52. The van der Waals surface area contributed by atoms with Gasteiger partial charge in [0.2, 0.25) is 0 Å². The summed E-state index contributed by atoms with van der Waals surface area (Å²) < 4.78 is 0. The molecule has 0 saturated heterocycles. The van der Waals surface area contributed by atoms with Crippen molar-refractivity contribution in [2.75, 3.05) is 0 Å². The summed E-state index contributed by atoms with van der Waals surface area (Å²) in [6.45, 7) is 2.10. The molecule has 0 aromatic heterocycles. The summed E-state index contributed by atoms with van der Waals surface area (Å²) in [4.78, 5) is 11.7. The van der Waals surface area contributed by atoms with Gasteiger partial charge in [-0.3, -0.25) is 4.79 Å². The number of hydrogen-bond donors (Lipinski definition) is 2. The molecule has 0 radical (unpaired) electrons. The van der Waals surface area contributed by atoms with Crippen molar-refractivity contribution in [3.8, 4) is 0 Å². The third kappa shape index (κ3) is 3.79. The zero-order valence-electron chi connectivity index (χ0n) is 9.52. The third-order valence-electron chi connectivity index (χ3n) is 2.54. The number of benzene rings is 1. The quantitative estimate of drug-likeness (QED) is 0.429. The van der Waals surface area contributed by atoms with Crippen LogP contribution >= 0.6 is 0 Å². The van der Waals surface area contributed by atoms with E-state index in [0.29, 0.717) is 17.4 Å². The van der Waals surface area contributed by atoms with Gasteiger partial charge in [-0.15, -0.1) is 0 Å². The first-order chi connectivity index (χ1) is 7.65. The molecule has 1 aromatic carbocycles. The minimum absolute atomic E-state index is 0.118. The lowest BCUT2D eigenvalue weighted by molar-refractivity contribution is 0.0979. The molecule has 0 aliphatic heterocycles. The van der Waals surface area contributed by atoms with Crippen molar-refractivity contribution in [1.29, 1.82) is 0 Å². The molecule has 0 heterocycles. The van der Waals surface area contributed by atoms with E-state index >= 15 is 0 Å². The summed E-state index contributed by atoms with van der Waals surface area (Å²) in [5, 5.41) is 17.8. The second-order valence-electron chi connectivity index (χ2n) is 3.88. The van der Waals surface area contributed by atoms with E-state index in [0.717, 1.165) is 19.3 Å². The summed E-state index contributed by atoms with van der Waals surface area (Å²) in [6.07, 6.45) is 3.65. The minimum atomic E-state index is -1.47. The molecule has 2 N–H and O–H groups in total. The molecule has 86 valence electrons. The first kappa shape index (κ1) is 12.9. The third-order valence-corrected chi connectivity index (χ3v) is 2.54. The highest BCUT2D eigenvalue weighted by molar-refractivity contribution is 6.58. The number of carbonyl (C=O) groups excluding carboxylic acids is 1. The second kappa shape index (κ2) is 6.46. The molecule has 4 heteroatoms. The molecule has 0 bridgehead atoms. The summed E-state index contributed by atoms with van der Waals surface area (Å²) >= 11 is 0. The topological polar surface area (TPSA) is 57.5 Å². The van der Waals surface area contributed by atoms with Crippen LogP contribution in [0.2, 0.25) is 0 Å². The zero-order chi connectivity index (χ0) is 12.0. The number of carbonyl (C=O) groups is 1. The molecule has 1 rings (SSSR count). The zero-order valence-corrected chi connectivity index (χ0v) is 9.52. The van der Waals surface area contributed by atoms with E-state index in [9.17, 15) is 4.79 Å². The van der Waals surface area contributed by atoms with E-state index in [4.69, 9.17) is 10.0 Å². The fourth-order valence-corrected chi connectivity index (χ4v) is 1.52. The van der Waals surface area contributed by atoms with Crippen LogP contribution in [-0.4, -0.2) is 22.9 Å². The predicted octanol–water partition coefficient (Wildman–Crippen LogP) is 1.13. The first-order valence-corrected chi connectivity index (χ1v) is 5.64. The molecule has 0 saturated carbocycles. The Morgan fingerprint density at radius 1 is 1.19 bits per heavy atom. The number of ketones is 1. The maximum atomic E-state index is 11.7. The van der Waals surface area contributed by atoms with Gasteiger partial charge in [0.05, 0.1) is 0 Å². The largest absolute Gasteiger partial charge is 0.488 e. The van der Waals surface area contributed by atoms with Gasteiger partial charge in [0, 0.05) is 12.0 Å². The first-order valence-electron chi connectivity index (χ1n) is 5.64. The van der Waals surface area contributed by atoms with Gasteiger partial charge in [0.25, 0.3) is 0 Å². The van der Waals surface area contributed by atoms with Crippen LogP contribution in [-0.2, 0) is 0 Å². The Kier molecular flexibility index (Phi) is 5.22. The van der Waals surface area contributed by atoms with Gasteiger partial charge in [-0.25, -0.2) is 0 Å². The Balaban J connectivity index is 2.56. The fraction of sp³-hybridized carbons (Fsp3) is 0.417. The van der Waals surface area contributed by atoms with Gasteiger partial charge in [-0.05, 0) is 11.9 Å². The Morgan fingerprint density at radius 3 is 2.31 bits per heavy atom. The van der Waals surface area contributed by atoms with Gasteiger partial charge in [-0.2, -0.15) is 0 Å². The summed E-state index contributed by atoms with van der Waals surface area (Å²) in [5.74, 6) is 0.118. The highest BCUT2D eigenvalue weighted by Gasteiger charge is 2.11. The van der Waals surface area contributed by atoms with E-state index < -0.39 is 7.12 Å². The van der Waals surface area contributed by atoms with E-state index in [1.54, 1.807) is 24.3 Å². The van der Waals surface area contributed by atoms with Crippen LogP contribution in [0, 0.1) is 0 Å². The van der Waals surface area contributed by atoms with E-state index in [2.05, 4.69) is 6.92 Å². The Labute approximate surface area is 96.3 Å². The monoisotopic (exact) mass is 220 g/mol. The predicted molar refractivity (Wildman–Crippen MR) is 64.7 cm³/mol. The minimum Gasteiger partial charge on any atom is -0.423 e. The number of hydrogen-bond acceptors (Lipinski definition) is 3. The van der Waals surface area contributed by atoms with Crippen LogP contribution in [0.25, 0.3) is 0 Å². The van der Waals surface area contributed by atoms with Gasteiger partial charge >= 0.3 is 7.12 Å². The van der Waals surface area contributed by atoms with E-state index in [-0.39, 0.29) is 5.78 Å². The van der Waals surface area contributed by atoms with Gasteiger partial charge < -0.3 is 10.0 Å². The summed E-state index contributed by atoms with van der Waals surface area (Å²) in [6, 6.07) is 6.42. The number of rotatable bonds is 6. The average Bonchev–Trinajstić information content (AvgIpc) is 2.29. The maximum absolute atomic E-state index is 11.7.